The molecule has 1 aromatic carbocycles. The number of hydrogen-bond acceptors (Lipinski definition) is 3. The molecule has 1 aliphatic heterocycles. The lowest BCUT2D eigenvalue weighted by Crippen LogP contribution is -2.43. The zero-order chi connectivity index (χ0) is 13.7. The molecule has 1 fully saturated rings. The van der Waals surface area contributed by atoms with Gasteiger partial charge in [0.2, 0.25) is 0 Å². The Morgan fingerprint density at radius 3 is 2.47 bits per heavy atom. The number of likely N-dealkylation sites (N-methyl/N-ethyl adjacent to an activating group) is 1. The van der Waals surface area contributed by atoms with E-state index in [1.165, 1.54) is 24.8 Å². The van der Waals surface area contributed by atoms with Gasteiger partial charge in [-0.05, 0) is 58.0 Å². The zero-order valence-corrected chi connectivity index (χ0v) is 12.3. The third kappa shape index (κ3) is 3.95. The van der Waals surface area contributed by atoms with Crippen molar-refractivity contribution in [1.29, 1.82) is 0 Å². The number of rotatable bonds is 5. The van der Waals surface area contributed by atoms with Crippen molar-refractivity contribution in [3.8, 4) is 5.75 Å². The Labute approximate surface area is 116 Å². The summed E-state index contributed by atoms with van der Waals surface area (Å²) in [4.78, 5) is 0. The first-order valence-electron chi connectivity index (χ1n) is 7.38. The Balaban J connectivity index is 2.05. The van der Waals surface area contributed by atoms with Gasteiger partial charge in [0.1, 0.15) is 5.75 Å². The van der Waals surface area contributed by atoms with E-state index in [2.05, 4.69) is 48.7 Å². The monoisotopic (exact) mass is 262 g/mol. The van der Waals surface area contributed by atoms with E-state index in [1.807, 2.05) is 7.05 Å². The largest absolute Gasteiger partial charge is 0.491 e. The second kappa shape index (κ2) is 6.92. The fourth-order valence-corrected chi connectivity index (χ4v) is 2.79. The third-order valence-electron chi connectivity index (χ3n) is 3.67. The summed E-state index contributed by atoms with van der Waals surface area (Å²) in [5, 5.41) is 7.07. The molecule has 0 amide bonds. The highest BCUT2D eigenvalue weighted by atomic mass is 16.5. The van der Waals surface area contributed by atoms with Gasteiger partial charge in [0.25, 0.3) is 0 Å². The first-order valence-corrected chi connectivity index (χ1v) is 7.38. The lowest BCUT2D eigenvalue weighted by molar-refractivity contribution is 0.242. The summed E-state index contributed by atoms with van der Waals surface area (Å²) in [6.07, 6.45) is 4.10. The average molecular weight is 262 g/mol. The molecule has 1 aliphatic rings. The van der Waals surface area contributed by atoms with Crippen molar-refractivity contribution in [2.75, 3.05) is 13.6 Å². The van der Waals surface area contributed by atoms with Gasteiger partial charge in [-0.2, -0.15) is 0 Å². The maximum Gasteiger partial charge on any atom is 0.119 e. The number of piperidine rings is 1. The molecule has 1 heterocycles. The Morgan fingerprint density at radius 1 is 1.21 bits per heavy atom. The minimum Gasteiger partial charge on any atom is -0.491 e. The van der Waals surface area contributed by atoms with Crippen LogP contribution in [0.5, 0.6) is 5.75 Å². The molecule has 1 saturated heterocycles. The van der Waals surface area contributed by atoms with Crippen LogP contribution in [0.1, 0.15) is 44.7 Å². The Hall–Kier alpha value is -1.06. The van der Waals surface area contributed by atoms with Gasteiger partial charge in [-0.15, -0.1) is 0 Å². The van der Waals surface area contributed by atoms with E-state index < -0.39 is 0 Å². The molecule has 2 N–H and O–H groups in total. The van der Waals surface area contributed by atoms with Crippen LogP contribution in [-0.4, -0.2) is 25.7 Å². The number of benzene rings is 1. The van der Waals surface area contributed by atoms with Gasteiger partial charge < -0.3 is 15.4 Å². The quantitative estimate of drug-likeness (QED) is 0.856. The van der Waals surface area contributed by atoms with Crippen LogP contribution in [0.3, 0.4) is 0 Å². The van der Waals surface area contributed by atoms with E-state index in [9.17, 15) is 0 Å². The van der Waals surface area contributed by atoms with Crippen LogP contribution in [0.2, 0.25) is 0 Å². The minimum absolute atomic E-state index is 0.228. The summed E-state index contributed by atoms with van der Waals surface area (Å²) in [6, 6.07) is 9.42. The minimum atomic E-state index is 0.228. The maximum atomic E-state index is 5.69. The summed E-state index contributed by atoms with van der Waals surface area (Å²) < 4.78 is 5.69. The molecule has 106 valence electrons. The van der Waals surface area contributed by atoms with Crippen molar-refractivity contribution in [3.05, 3.63) is 29.8 Å². The summed E-state index contributed by atoms with van der Waals surface area (Å²) in [5.41, 5.74) is 1.33. The Morgan fingerprint density at radius 2 is 1.95 bits per heavy atom. The molecule has 1 aromatic rings. The summed E-state index contributed by atoms with van der Waals surface area (Å²) in [7, 11) is 2.04. The average Bonchev–Trinajstić information content (AvgIpc) is 2.42. The van der Waals surface area contributed by atoms with Crippen LogP contribution >= 0.6 is 0 Å². The van der Waals surface area contributed by atoms with Crippen LogP contribution in [0.15, 0.2) is 24.3 Å². The molecule has 0 saturated carbocycles. The predicted molar refractivity (Wildman–Crippen MR) is 79.6 cm³/mol. The second-order valence-electron chi connectivity index (χ2n) is 5.56. The standard InChI is InChI=1S/C16H26N2O/c1-12(2)19-14-9-7-13(8-10-14)16(17-3)15-6-4-5-11-18-15/h7-10,12,15-18H,4-6,11H2,1-3H3. The molecular weight excluding hydrogens is 236 g/mol. The molecule has 0 bridgehead atoms. The topological polar surface area (TPSA) is 33.3 Å². The molecule has 0 radical (unpaired) electrons. The van der Waals surface area contributed by atoms with Crippen LogP contribution < -0.4 is 15.4 Å². The van der Waals surface area contributed by atoms with Gasteiger partial charge in [0, 0.05) is 12.1 Å². The molecular formula is C16H26N2O. The number of nitrogens with one attached hydrogen (secondary N) is 2. The zero-order valence-electron chi connectivity index (χ0n) is 12.3. The van der Waals surface area contributed by atoms with Crippen LogP contribution in [0, 0.1) is 0 Å². The second-order valence-corrected chi connectivity index (χ2v) is 5.56. The summed E-state index contributed by atoms with van der Waals surface area (Å²) in [6.45, 7) is 5.24. The predicted octanol–water partition coefficient (Wildman–Crippen LogP) is 2.88. The van der Waals surface area contributed by atoms with Gasteiger partial charge in [-0.3, -0.25) is 0 Å². The van der Waals surface area contributed by atoms with E-state index >= 15 is 0 Å². The van der Waals surface area contributed by atoms with Crippen LogP contribution in [0.25, 0.3) is 0 Å². The van der Waals surface area contributed by atoms with Gasteiger partial charge in [-0.1, -0.05) is 18.6 Å². The van der Waals surface area contributed by atoms with Gasteiger partial charge in [0.15, 0.2) is 0 Å². The van der Waals surface area contributed by atoms with E-state index in [-0.39, 0.29) is 6.10 Å². The molecule has 2 unspecified atom stereocenters. The number of hydrogen-bond donors (Lipinski definition) is 2. The summed E-state index contributed by atoms with van der Waals surface area (Å²) in [5.74, 6) is 0.949. The van der Waals surface area contributed by atoms with E-state index in [1.54, 1.807) is 0 Å². The van der Waals surface area contributed by atoms with Crippen molar-refractivity contribution >= 4 is 0 Å². The maximum absolute atomic E-state index is 5.69. The first-order chi connectivity index (χ1) is 9.20. The molecule has 0 aliphatic carbocycles. The number of ether oxygens (including phenoxy) is 1. The van der Waals surface area contributed by atoms with Crippen molar-refractivity contribution in [2.45, 2.75) is 51.3 Å². The van der Waals surface area contributed by atoms with Gasteiger partial charge in [0.05, 0.1) is 6.10 Å². The Kier molecular flexibility index (Phi) is 5.23. The molecule has 19 heavy (non-hydrogen) atoms. The van der Waals surface area contributed by atoms with Gasteiger partial charge >= 0.3 is 0 Å². The highest BCUT2D eigenvalue weighted by Gasteiger charge is 2.23. The highest BCUT2D eigenvalue weighted by molar-refractivity contribution is 5.30. The highest BCUT2D eigenvalue weighted by Crippen LogP contribution is 2.24. The fourth-order valence-electron chi connectivity index (χ4n) is 2.79. The summed E-state index contributed by atoms with van der Waals surface area (Å²) >= 11 is 0. The SMILES string of the molecule is CNC(c1ccc(OC(C)C)cc1)C1CCCCN1. The van der Waals surface area contributed by atoms with E-state index in [4.69, 9.17) is 4.74 Å². The van der Waals surface area contributed by atoms with E-state index in [0.717, 1.165) is 12.3 Å². The van der Waals surface area contributed by atoms with E-state index in [0.29, 0.717) is 12.1 Å². The molecule has 0 spiro atoms. The normalized spacial score (nSPS) is 21.4. The lowest BCUT2D eigenvalue weighted by Gasteiger charge is -2.31. The van der Waals surface area contributed by atoms with Crippen LogP contribution in [0.4, 0.5) is 0 Å². The molecule has 3 nitrogen and oxygen atoms in total. The fraction of sp³-hybridized carbons (Fsp3) is 0.625. The molecule has 3 heteroatoms. The first kappa shape index (κ1) is 14.4. The third-order valence-corrected chi connectivity index (χ3v) is 3.67. The van der Waals surface area contributed by atoms with Crippen molar-refractivity contribution in [2.24, 2.45) is 0 Å². The lowest BCUT2D eigenvalue weighted by atomic mass is 9.93. The van der Waals surface area contributed by atoms with Crippen molar-refractivity contribution in [1.82, 2.24) is 10.6 Å². The smallest absolute Gasteiger partial charge is 0.119 e. The van der Waals surface area contributed by atoms with Crippen molar-refractivity contribution in [3.63, 3.8) is 0 Å². The molecule has 2 atom stereocenters. The van der Waals surface area contributed by atoms with Crippen molar-refractivity contribution < 1.29 is 4.74 Å². The van der Waals surface area contributed by atoms with Gasteiger partial charge in [-0.25, -0.2) is 0 Å². The Bertz CT molecular complexity index is 369. The van der Waals surface area contributed by atoms with Crippen LogP contribution in [-0.2, 0) is 0 Å². The molecule has 0 aromatic heterocycles. The molecule has 2 rings (SSSR count).